The van der Waals surface area contributed by atoms with E-state index in [0.29, 0.717) is 48.3 Å². The third-order valence-electron chi connectivity index (χ3n) is 7.82. The third-order valence-corrected chi connectivity index (χ3v) is 7.82. The van der Waals surface area contributed by atoms with Gasteiger partial charge in [0.05, 0.1) is 18.3 Å². The molecule has 0 spiro atoms. The van der Waals surface area contributed by atoms with Gasteiger partial charge in [-0.3, -0.25) is 9.36 Å². The first-order valence-electron chi connectivity index (χ1n) is 15.2. The lowest BCUT2D eigenvalue weighted by molar-refractivity contribution is -0.122. The Bertz CT molecular complexity index is 1860. The number of aliphatic hydroxyl groups excluding tert-OH is 2. The van der Waals surface area contributed by atoms with E-state index in [0.717, 1.165) is 16.8 Å². The number of aromatic nitrogens is 8. The number of rotatable bonds is 11. The van der Waals surface area contributed by atoms with Crippen LogP contribution < -0.4 is 10.6 Å². The Kier molecular flexibility index (Phi) is 9.94. The molecule has 248 valence electrons. The molecule has 6 N–H and O–H groups in total. The summed E-state index contributed by atoms with van der Waals surface area (Å²) in [4.78, 5) is 33.9. The first-order valence-corrected chi connectivity index (χ1v) is 15.2. The van der Waals surface area contributed by atoms with Crippen molar-refractivity contribution in [1.82, 2.24) is 39.6 Å². The smallest absolute Gasteiger partial charge is 0.290 e. The molecule has 0 amide bonds. The van der Waals surface area contributed by atoms with Crippen molar-refractivity contribution in [2.24, 2.45) is 0 Å². The van der Waals surface area contributed by atoms with Crippen molar-refractivity contribution in [2.45, 2.75) is 43.8 Å². The number of aryl methyl sites for hydroxylation is 1. The minimum absolute atomic E-state index is 0.0318. The number of H-pyrrole nitrogens is 1. The van der Waals surface area contributed by atoms with Crippen molar-refractivity contribution in [3.8, 4) is 0 Å². The molecule has 1 aliphatic rings. The lowest BCUT2D eigenvalue weighted by Gasteiger charge is -2.20. The highest BCUT2D eigenvalue weighted by molar-refractivity contribution is 5.84. The van der Waals surface area contributed by atoms with E-state index >= 15 is 0 Å². The molecule has 16 heteroatoms. The average Bonchev–Trinajstić information content (AvgIpc) is 3.92. The highest BCUT2D eigenvalue weighted by Gasteiger charge is 2.47. The number of aliphatic hydroxyl groups is 2. The summed E-state index contributed by atoms with van der Waals surface area (Å²) < 4.78 is 12.9. The fourth-order valence-electron chi connectivity index (χ4n) is 5.55. The number of aromatic amines is 1. The van der Waals surface area contributed by atoms with Crippen LogP contribution in [0.5, 0.6) is 0 Å². The molecule has 0 aliphatic carbocycles. The number of ether oxygens (including phenoxy) is 1. The first kappa shape index (κ1) is 32.2. The Labute approximate surface area is 273 Å². The Morgan fingerprint density at radius 3 is 2.31 bits per heavy atom. The van der Waals surface area contributed by atoms with Crippen LogP contribution >= 0.6 is 0 Å². The highest BCUT2D eigenvalue weighted by atomic mass is 16.6. The van der Waals surface area contributed by atoms with Crippen LogP contribution in [0.4, 0.5) is 11.8 Å². The molecule has 5 heterocycles. The average molecular weight is 655 g/mol. The van der Waals surface area contributed by atoms with Crippen molar-refractivity contribution in [3.05, 3.63) is 108 Å². The number of carbonyl (C=O) groups is 1. The van der Waals surface area contributed by atoms with Gasteiger partial charge in [0.2, 0.25) is 5.95 Å². The molecule has 1 fully saturated rings. The van der Waals surface area contributed by atoms with Gasteiger partial charge in [0.1, 0.15) is 12.2 Å². The van der Waals surface area contributed by atoms with Gasteiger partial charge in [0, 0.05) is 31.6 Å². The summed E-state index contributed by atoms with van der Waals surface area (Å²) in [6, 6.07) is 20.6. The summed E-state index contributed by atoms with van der Waals surface area (Å²) in [5.74, 6) is 1.37. The second kappa shape index (κ2) is 14.8. The van der Waals surface area contributed by atoms with Crippen LogP contribution in [0, 0.1) is 6.92 Å². The van der Waals surface area contributed by atoms with Gasteiger partial charge in [-0.1, -0.05) is 65.8 Å². The fraction of sp³-hybridized carbons (Fsp3) is 0.281. The standard InChI is InChI=1S/C31H32N10O4.CH2O2/c1-18-37-29(45-40-18)26-24(42)25(43)30(44-26)41-17-36-23-27(38-31(39-28(23)41)33-13-12-21-14-32-16-35-21)34-15-22(19-8-4-2-5-9-19)20-10-6-3-7-11-20;2-1-3/h2-11,14,16-17,22,24-26,30,42-43H,12-13,15H2,1H3,(H,32,35)(H2,33,34,38,39);1H,(H,2,3)/t24-,25+,26-,30+;/m0./s1. The maximum atomic E-state index is 11.0. The summed E-state index contributed by atoms with van der Waals surface area (Å²) in [6.07, 6.45) is 0.976. The third kappa shape index (κ3) is 7.00. The number of carboxylic acid groups (broad SMARTS) is 1. The molecular weight excluding hydrogens is 620 g/mol. The second-order valence-electron chi connectivity index (χ2n) is 10.9. The number of fused-ring (bicyclic) bond motifs is 1. The fourth-order valence-corrected chi connectivity index (χ4v) is 5.55. The molecule has 0 radical (unpaired) electrons. The molecule has 7 rings (SSSR count). The van der Waals surface area contributed by atoms with E-state index in [-0.39, 0.29) is 18.3 Å². The quantitative estimate of drug-likeness (QED) is 0.111. The number of anilines is 2. The van der Waals surface area contributed by atoms with Gasteiger partial charge in [-0.15, -0.1) is 0 Å². The summed E-state index contributed by atoms with van der Waals surface area (Å²) in [5, 5.41) is 39.4. The summed E-state index contributed by atoms with van der Waals surface area (Å²) in [6.45, 7) is 2.47. The monoisotopic (exact) mass is 654 g/mol. The van der Waals surface area contributed by atoms with E-state index in [2.05, 4.69) is 60.0 Å². The zero-order chi connectivity index (χ0) is 33.5. The largest absolute Gasteiger partial charge is 0.483 e. The van der Waals surface area contributed by atoms with Crippen LogP contribution in [-0.4, -0.2) is 86.7 Å². The number of hydrogen-bond acceptors (Lipinski definition) is 13. The zero-order valence-corrected chi connectivity index (χ0v) is 25.8. The van der Waals surface area contributed by atoms with E-state index < -0.39 is 24.5 Å². The lowest BCUT2D eigenvalue weighted by Crippen LogP contribution is -2.29. The van der Waals surface area contributed by atoms with E-state index in [1.165, 1.54) is 6.33 Å². The minimum atomic E-state index is -1.32. The number of imidazole rings is 2. The molecule has 4 aromatic heterocycles. The maximum absolute atomic E-state index is 11.0. The Morgan fingerprint density at radius 2 is 1.69 bits per heavy atom. The van der Waals surface area contributed by atoms with E-state index in [1.807, 2.05) is 42.6 Å². The molecule has 48 heavy (non-hydrogen) atoms. The van der Waals surface area contributed by atoms with Crippen molar-refractivity contribution in [2.75, 3.05) is 23.7 Å². The number of benzene rings is 2. The highest BCUT2D eigenvalue weighted by Crippen LogP contribution is 2.40. The molecule has 1 aliphatic heterocycles. The van der Waals surface area contributed by atoms with Crippen molar-refractivity contribution in [1.29, 1.82) is 0 Å². The molecule has 0 unspecified atom stereocenters. The van der Waals surface area contributed by atoms with Gasteiger partial charge >= 0.3 is 0 Å². The van der Waals surface area contributed by atoms with Gasteiger partial charge < -0.3 is 40.2 Å². The maximum Gasteiger partial charge on any atom is 0.290 e. The molecule has 2 aromatic carbocycles. The summed E-state index contributed by atoms with van der Waals surface area (Å²) >= 11 is 0. The normalized spacial score (nSPS) is 18.8. The molecule has 1 saturated heterocycles. The second-order valence-corrected chi connectivity index (χ2v) is 10.9. The lowest BCUT2D eigenvalue weighted by atomic mass is 9.91. The predicted molar refractivity (Wildman–Crippen MR) is 172 cm³/mol. The molecule has 16 nitrogen and oxygen atoms in total. The van der Waals surface area contributed by atoms with Crippen LogP contribution in [-0.2, 0) is 16.0 Å². The van der Waals surface area contributed by atoms with Crippen molar-refractivity contribution < 1.29 is 29.4 Å². The van der Waals surface area contributed by atoms with E-state index in [1.54, 1.807) is 17.8 Å². The van der Waals surface area contributed by atoms with Crippen molar-refractivity contribution >= 4 is 29.4 Å². The van der Waals surface area contributed by atoms with Crippen molar-refractivity contribution in [3.63, 3.8) is 0 Å². The van der Waals surface area contributed by atoms with Gasteiger partial charge in [-0.2, -0.15) is 15.0 Å². The van der Waals surface area contributed by atoms with Gasteiger partial charge in [-0.05, 0) is 18.1 Å². The molecule has 0 bridgehead atoms. The molecule has 6 aromatic rings. The summed E-state index contributed by atoms with van der Waals surface area (Å²) in [7, 11) is 0. The Hall–Kier alpha value is -5.71. The van der Waals surface area contributed by atoms with E-state index in [9.17, 15) is 10.2 Å². The van der Waals surface area contributed by atoms with Gasteiger partial charge in [0.25, 0.3) is 12.4 Å². The zero-order valence-electron chi connectivity index (χ0n) is 25.8. The van der Waals surface area contributed by atoms with E-state index in [4.69, 9.17) is 29.1 Å². The number of nitrogens with one attached hydrogen (secondary N) is 3. The van der Waals surface area contributed by atoms with Gasteiger partial charge in [-0.25, -0.2) is 9.97 Å². The van der Waals surface area contributed by atoms with Crippen LogP contribution in [0.2, 0.25) is 0 Å². The van der Waals surface area contributed by atoms with Gasteiger partial charge in [0.15, 0.2) is 35.1 Å². The molecule has 4 atom stereocenters. The molecule has 0 saturated carbocycles. The first-order chi connectivity index (χ1) is 23.5. The van der Waals surface area contributed by atoms with Crippen LogP contribution in [0.1, 0.15) is 46.8 Å². The summed E-state index contributed by atoms with van der Waals surface area (Å²) in [5.41, 5.74) is 4.10. The number of hydrogen-bond donors (Lipinski definition) is 6. The Morgan fingerprint density at radius 1 is 0.979 bits per heavy atom. The molecular formula is C32H34N10O6. The predicted octanol–water partition coefficient (Wildman–Crippen LogP) is 2.83. The number of nitrogens with zero attached hydrogens (tertiary/aromatic N) is 7. The SMILES string of the molecule is Cc1noc([C@H]2O[C@@H](n3cnc4c(NCC(c5ccccc5)c5ccccc5)nc(NCCc5c[nH]cn5)nc43)[C@H](O)[C@@H]2O)n1.O=CO. The van der Waals surface area contributed by atoms with Crippen LogP contribution in [0.25, 0.3) is 11.2 Å². The van der Waals surface area contributed by atoms with Crippen LogP contribution in [0.15, 0.2) is 84.0 Å². The minimum Gasteiger partial charge on any atom is -0.483 e. The Balaban J connectivity index is 0.00000129. The topological polar surface area (TPSA) is 222 Å². The van der Waals surface area contributed by atoms with Crippen LogP contribution in [0.3, 0.4) is 0 Å².